The first-order valence-corrected chi connectivity index (χ1v) is 9.19. The minimum Gasteiger partial charge on any atom is -0.376 e. The summed E-state index contributed by atoms with van der Waals surface area (Å²) in [4.78, 5) is 26.5. The minimum absolute atomic E-state index is 0.103. The zero-order valence-corrected chi connectivity index (χ0v) is 16.1. The van der Waals surface area contributed by atoms with Crippen LogP contribution in [0.1, 0.15) is 43.0 Å². The van der Waals surface area contributed by atoms with Gasteiger partial charge in [0.2, 0.25) is 0 Å². The van der Waals surface area contributed by atoms with Crippen LogP contribution in [0.25, 0.3) is 0 Å². The lowest BCUT2D eigenvalue weighted by molar-refractivity contribution is -0.0311. The number of hydrogen-bond donors (Lipinski definition) is 0. The summed E-state index contributed by atoms with van der Waals surface area (Å²) >= 11 is 3.54. The van der Waals surface area contributed by atoms with E-state index in [9.17, 15) is 9.59 Å². The highest BCUT2D eigenvalue weighted by molar-refractivity contribution is 9.10. The fraction of sp³-hybridized carbons (Fsp3) is 0.333. The highest BCUT2D eigenvalue weighted by Gasteiger charge is 2.55. The van der Waals surface area contributed by atoms with Gasteiger partial charge in [-0.2, -0.15) is 0 Å². The van der Waals surface area contributed by atoms with Gasteiger partial charge in [-0.3, -0.25) is 9.59 Å². The van der Waals surface area contributed by atoms with E-state index < -0.39 is 11.5 Å². The Hall–Kier alpha value is -1.78. The SMILES string of the molecule is COC1(C2C(=O)c3cc(C)c(Br)c(C)c3C2=O)Cc2ccccc2C1. The van der Waals surface area contributed by atoms with Gasteiger partial charge in [0.15, 0.2) is 11.6 Å². The smallest absolute Gasteiger partial charge is 0.177 e. The van der Waals surface area contributed by atoms with Crippen molar-refractivity contribution >= 4 is 27.5 Å². The molecule has 25 heavy (non-hydrogen) atoms. The minimum atomic E-state index is -0.788. The fourth-order valence-corrected chi connectivity index (χ4v) is 4.76. The van der Waals surface area contributed by atoms with E-state index >= 15 is 0 Å². The summed E-state index contributed by atoms with van der Waals surface area (Å²) < 4.78 is 6.78. The maximum absolute atomic E-state index is 13.3. The van der Waals surface area contributed by atoms with Crippen molar-refractivity contribution in [2.75, 3.05) is 7.11 Å². The predicted octanol–water partition coefficient (Wildman–Crippen LogP) is 4.25. The van der Waals surface area contributed by atoms with Crippen LogP contribution in [-0.4, -0.2) is 24.3 Å². The molecule has 0 saturated heterocycles. The van der Waals surface area contributed by atoms with E-state index in [0.717, 1.165) is 26.7 Å². The number of halogens is 1. The molecule has 2 aliphatic carbocycles. The van der Waals surface area contributed by atoms with Crippen molar-refractivity contribution in [1.29, 1.82) is 0 Å². The molecule has 1 unspecified atom stereocenters. The van der Waals surface area contributed by atoms with Gasteiger partial charge < -0.3 is 4.74 Å². The third-order valence-corrected chi connectivity index (χ3v) is 6.97. The Bertz CT molecular complexity index is 904. The molecule has 2 aromatic carbocycles. The van der Waals surface area contributed by atoms with E-state index in [1.165, 1.54) is 0 Å². The molecule has 0 aromatic heterocycles. The average Bonchev–Trinajstić information content (AvgIpc) is 3.09. The van der Waals surface area contributed by atoms with Crippen LogP contribution in [0.15, 0.2) is 34.8 Å². The van der Waals surface area contributed by atoms with Crippen molar-refractivity contribution in [2.45, 2.75) is 32.3 Å². The lowest BCUT2D eigenvalue weighted by Gasteiger charge is -2.32. The first kappa shape index (κ1) is 16.7. The number of ether oxygens (including phenoxy) is 1. The van der Waals surface area contributed by atoms with Gasteiger partial charge in [0.25, 0.3) is 0 Å². The van der Waals surface area contributed by atoms with Crippen LogP contribution in [0, 0.1) is 19.8 Å². The molecule has 4 heteroatoms. The van der Waals surface area contributed by atoms with Crippen LogP contribution in [0.5, 0.6) is 0 Å². The van der Waals surface area contributed by atoms with Crippen LogP contribution in [0.3, 0.4) is 0 Å². The van der Waals surface area contributed by atoms with Crippen molar-refractivity contribution in [2.24, 2.45) is 5.92 Å². The Morgan fingerprint density at radius 1 is 1.08 bits per heavy atom. The molecule has 2 aromatic rings. The van der Waals surface area contributed by atoms with Crippen molar-refractivity contribution in [1.82, 2.24) is 0 Å². The highest BCUT2D eigenvalue weighted by Crippen LogP contribution is 2.45. The summed E-state index contributed by atoms with van der Waals surface area (Å²) in [6, 6.07) is 9.92. The summed E-state index contributed by atoms with van der Waals surface area (Å²) in [7, 11) is 1.61. The van der Waals surface area contributed by atoms with E-state index in [0.29, 0.717) is 24.0 Å². The number of carbonyl (C=O) groups is 2. The molecule has 1 atom stereocenters. The first-order chi connectivity index (χ1) is 11.9. The summed E-state index contributed by atoms with van der Waals surface area (Å²) in [5.41, 5.74) is 4.45. The first-order valence-electron chi connectivity index (χ1n) is 8.39. The zero-order chi connectivity index (χ0) is 17.9. The number of ketones is 2. The molecular weight excluding hydrogens is 380 g/mol. The molecule has 0 bridgehead atoms. The van der Waals surface area contributed by atoms with Gasteiger partial charge in [0.1, 0.15) is 5.92 Å². The van der Waals surface area contributed by atoms with Crippen LogP contribution >= 0.6 is 15.9 Å². The fourth-order valence-electron chi connectivity index (χ4n) is 4.44. The highest BCUT2D eigenvalue weighted by atomic mass is 79.9. The van der Waals surface area contributed by atoms with Crippen LogP contribution < -0.4 is 0 Å². The van der Waals surface area contributed by atoms with E-state index in [2.05, 4.69) is 28.1 Å². The van der Waals surface area contributed by atoms with Gasteiger partial charge in [0.05, 0.1) is 5.60 Å². The second-order valence-corrected chi connectivity index (χ2v) is 7.90. The topological polar surface area (TPSA) is 43.4 Å². The molecule has 0 amide bonds. The second-order valence-electron chi connectivity index (χ2n) is 7.11. The van der Waals surface area contributed by atoms with Gasteiger partial charge in [-0.25, -0.2) is 0 Å². The second kappa shape index (κ2) is 5.61. The molecule has 0 radical (unpaired) electrons. The molecule has 0 N–H and O–H groups in total. The Labute approximate surface area is 155 Å². The van der Waals surface area contributed by atoms with E-state index in [-0.39, 0.29) is 11.6 Å². The number of hydrogen-bond acceptors (Lipinski definition) is 3. The maximum Gasteiger partial charge on any atom is 0.177 e. The van der Waals surface area contributed by atoms with Gasteiger partial charge in [0, 0.05) is 35.6 Å². The number of benzene rings is 2. The molecule has 3 nitrogen and oxygen atoms in total. The van der Waals surface area contributed by atoms with E-state index in [1.54, 1.807) is 7.11 Å². The average molecular weight is 399 g/mol. The van der Waals surface area contributed by atoms with Gasteiger partial charge in [-0.05, 0) is 42.2 Å². The molecule has 0 saturated carbocycles. The van der Waals surface area contributed by atoms with Gasteiger partial charge in [-0.15, -0.1) is 0 Å². The number of aryl methyl sites for hydroxylation is 1. The molecule has 2 aliphatic rings. The Morgan fingerprint density at radius 2 is 1.68 bits per heavy atom. The van der Waals surface area contributed by atoms with Crippen LogP contribution in [0.4, 0.5) is 0 Å². The Morgan fingerprint density at radius 3 is 2.24 bits per heavy atom. The standard InChI is InChI=1S/C21H19BrO3/c1-11-8-15-16(12(2)18(11)22)20(24)17(19(15)23)21(25-3)9-13-6-4-5-7-14(13)10-21/h4-8,17H,9-10H2,1-3H3. The molecule has 128 valence electrons. The molecule has 4 rings (SSSR count). The van der Waals surface area contributed by atoms with Crippen molar-refractivity contribution in [3.05, 3.63) is 68.2 Å². The molecule has 0 fully saturated rings. The van der Waals surface area contributed by atoms with E-state index in [1.807, 2.05) is 32.0 Å². The summed E-state index contributed by atoms with van der Waals surface area (Å²) in [5.74, 6) is -0.978. The van der Waals surface area contributed by atoms with Crippen LogP contribution in [-0.2, 0) is 17.6 Å². The molecule has 0 spiro atoms. The number of rotatable bonds is 2. The third-order valence-electron chi connectivity index (χ3n) is 5.75. The summed E-state index contributed by atoms with van der Waals surface area (Å²) in [6.45, 7) is 3.84. The monoisotopic (exact) mass is 398 g/mol. The maximum atomic E-state index is 13.3. The summed E-state index contributed by atoms with van der Waals surface area (Å²) in [6.07, 6.45) is 1.18. The Balaban J connectivity index is 1.84. The molecule has 0 heterocycles. The largest absolute Gasteiger partial charge is 0.376 e. The Kier molecular flexibility index (Phi) is 3.74. The summed E-state index contributed by atoms with van der Waals surface area (Å²) in [5, 5.41) is 0. The lowest BCUT2D eigenvalue weighted by atomic mass is 9.81. The van der Waals surface area contributed by atoms with Gasteiger partial charge in [-0.1, -0.05) is 40.2 Å². The molecule has 0 aliphatic heterocycles. The number of methoxy groups -OCH3 is 1. The van der Waals surface area contributed by atoms with Gasteiger partial charge >= 0.3 is 0 Å². The van der Waals surface area contributed by atoms with Crippen molar-refractivity contribution in [3.63, 3.8) is 0 Å². The third kappa shape index (κ3) is 2.20. The number of fused-ring (bicyclic) bond motifs is 2. The lowest BCUT2D eigenvalue weighted by Crippen LogP contribution is -2.46. The number of carbonyl (C=O) groups excluding carboxylic acids is 2. The molecular formula is C21H19BrO3. The quantitative estimate of drug-likeness (QED) is 0.710. The number of Topliss-reactive ketones (excluding diaryl/α,β-unsaturated/α-hetero) is 2. The predicted molar refractivity (Wildman–Crippen MR) is 99.4 cm³/mol. The van der Waals surface area contributed by atoms with Crippen molar-refractivity contribution < 1.29 is 14.3 Å². The van der Waals surface area contributed by atoms with Crippen LogP contribution in [0.2, 0.25) is 0 Å². The zero-order valence-electron chi connectivity index (χ0n) is 14.5. The van der Waals surface area contributed by atoms with Crippen molar-refractivity contribution in [3.8, 4) is 0 Å². The van der Waals surface area contributed by atoms with E-state index in [4.69, 9.17) is 4.74 Å². The normalized spacial score (nSPS) is 20.7.